The predicted octanol–water partition coefficient (Wildman–Crippen LogP) is 3.32. The summed E-state index contributed by atoms with van der Waals surface area (Å²) in [4.78, 5) is 26.3. The molecule has 1 saturated heterocycles. The lowest BCUT2D eigenvalue weighted by molar-refractivity contribution is 0.139. The van der Waals surface area contributed by atoms with Crippen LogP contribution in [0.3, 0.4) is 0 Å². The zero-order valence-electron chi connectivity index (χ0n) is 16.4. The van der Waals surface area contributed by atoms with Gasteiger partial charge in [-0.05, 0) is 42.2 Å². The van der Waals surface area contributed by atoms with Crippen LogP contribution in [0, 0.1) is 5.82 Å². The normalized spacial score (nSPS) is 16.1. The van der Waals surface area contributed by atoms with Crippen LogP contribution in [0.15, 0.2) is 47.4 Å². The van der Waals surface area contributed by atoms with E-state index in [1.54, 1.807) is 38.0 Å². The Morgan fingerprint density at radius 2 is 2.00 bits per heavy atom. The Morgan fingerprint density at radius 1 is 1.28 bits per heavy atom. The van der Waals surface area contributed by atoms with Crippen LogP contribution in [0.2, 0.25) is 0 Å². The van der Waals surface area contributed by atoms with Gasteiger partial charge in [-0.15, -0.1) is 11.8 Å². The van der Waals surface area contributed by atoms with E-state index in [-0.39, 0.29) is 13.1 Å². The number of hydrogen-bond donors (Lipinski definition) is 2. The lowest BCUT2D eigenvalue weighted by Gasteiger charge is -2.15. The number of anilines is 1. The number of ether oxygens (including phenoxy) is 1. The molecule has 29 heavy (non-hydrogen) atoms. The lowest BCUT2D eigenvalue weighted by atomic mass is 10.0. The van der Waals surface area contributed by atoms with E-state index in [2.05, 4.69) is 10.7 Å². The van der Waals surface area contributed by atoms with Crippen molar-refractivity contribution in [2.75, 3.05) is 38.3 Å². The topological polar surface area (TPSA) is 73.9 Å². The number of nitrogens with one attached hydrogen (secondary N) is 2. The standard InChI is InChI=1S/C20H23FN4O3S/c1-24(2)23-19(26)22-11-15-12-25(20(27)28-15)14-6-9-17(18(21)10-14)13-4-7-16(29-3)8-5-13/h4-10,15H,11-12H2,1-3H3,(H2,22,23,26)/t15-/m0/s1. The van der Waals surface area contributed by atoms with Crippen LogP contribution in [0.1, 0.15) is 0 Å². The smallest absolute Gasteiger partial charge is 0.414 e. The Morgan fingerprint density at radius 3 is 2.62 bits per heavy atom. The molecule has 0 spiro atoms. The highest BCUT2D eigenvalue weighted by molar-refractivity contribution is 7.98. The number of amides is 3. The average Bonchev–Trinajstić information content (AvgIpc) is 3.06. The van der Waals surface area contributed by atoms with Gasteiger partial charge in [0.05, 0.1) is 18.8 Å². The van der Waals surface area contributed by atoms with Crippen molar-refractivity contribution in [3.63, 3.8) is 0 Å². The van der Waals surface area contributed by atoms with Gasteiger partial charge in [-0.2, -0.15) is 0 Å². The van der Waals surface area contributed by atoms with E-state index in [4.69, 9.17) is 4.74 Å². The molecule has 1 aliphatic rings. The first-order chi connectivity index (χ1) is 13.9. The van der Waals surface area contributed by atoms with E-state index in [9.17, 15) is 14.0 Å². The second-order valence-electron chi connectivity index (χ2n) is 6.73. The van der Waals surface area contributed by atoms with Crippen LogP contribution in [0.25, 0.3) is 11.1 Å². The predicted molar refractivity (Wildman–Crippen MR) is 111 cm³/mol. The quantitative estimate of drug-likeness (QED) is 0.556. The monoisotopic (exact) mass is 418 g/mol. The highest BCUT2D eigenvalue weighted by atomic mass is 32.2. The van der Waals surface area contributed by atoms with Gasteiger partial charge in [-0.25, -0.2) is 19.0 Å². The summed E-state index contributed by atoms with van der Waals surface area (Å²) in [6.07, 6.45) is 0.898. The fraction of sp³-hybridized carbons (Fsp3) is 0.300. The summed E-state index contributed by atoms with van der Waals surface area (Å²) < 4.78 is 20.0. The third-order valence-electron chi connectivity index (χ3n) is 4.35. The number of cyclic esters (lactones) is 1. The van der Waals surface area contributed by atoms with Crippen LogP contribution in [0.4, 0.5) is 19.7 Å². The second-order valence-corrected chi connectivity index (χ2v) is 7.60. The highest BCUT2D eigenvalue weighted by Crippen LogP contribution is 2.30. The van der Waals surface area contributed by atoms with Gasteiger partial charge in [0, 0.05) is 24.6 Å². The van der Waals surface area contributed by atoms with Crippen LogP contribution in [-0.2, 0) is 4.74 Å². The van der Waals surface area contributed by atoms with Crippen molar-refractivity contribution in [3.05, 3.63) is 48.3 Å². The molecule has 0 radical (unpaired) electrons. The summed E-state index contributed by atoms with van der Waals surface area (Å²) in [6, 6.07) is 11.9. The molecule has 9 heteroatoms. The molecule has 0 saturated carbocycles. The minimum Gasteiger partial charge on any atom is -0.442 e. The van der Waals surface area contributed by atoms with Crippen molar-refractivity contribution >= 4 is 29.6 Å². The number of hydrazine groups is 1. The molecule has 154 valence electrons. The first-order valence-corrected chi connectivity index (χ1v) is 10.2. The maximum absolute atomic E-state index is 14.7. The Balaban J connectivity index is 1.66. The van der Waals surface area contributed by atoms with E-state index in [1.807, 2.05) is 30.5 Å². The first-order valence-electron chi connectivity index (χ1n) is 9.01. The minimum absolute atomic E-state index is 0.157. The molecule has 0 aromatic heterocycles. The molecule has 0 aliphatic carbocycles. The molecule has 0 unspecified atom stereocenters. The number of thioether (sulfide) groups is 1. The summed E-state index contributed by atoms with van der Waals surface area (Å²) in [7, 11) is 3.37. The Kier molecular flexibility index (Phi) is 6.60. The molecule has 1 atom stereocenters. The molecule has 1 aliphatic heterocycles. The largest absolute Gasteiger partial charge is 0.442 e. The van der Waals surface area contributed by atoms with Gasteiger partial charge in [0.1, 0.15) is 11.9 Å². The molecular formula is C20H23FN4O3S. The van der Waals surface area contributed by atoms with Gasteiger partial charge in [0.25, 0.3) is 0 Å². The van der Waals surface area contributed by atoms with Gasteiger partial charge in [0.15, 0.2) is 0 Å². The maximum atomic E-state index is 14.7. The zero-order chi connectivity index (χ0) is 21.0. The van der Waals surface area contributed by atoms with Crippen LogP contribution in [-0.4, -0.2) is 56.7 Å². The van der Waals surface area contributed by atoms with Gasteiger partial charge >= 0.3 is 12.1 Å². The Bertz CT molecular complexity index is 892. The number of carbonyl (C=O) groups is 2. The van der Waals surface area contributed by atoms with Crippen LogP contribution in [0.5, 0.6) is 0 Å². The summed E-state index contributed by atoms with van der Waals surface area (Å²) in [5.41, 5.74) is 4.18. The number of urea groups is 1. The van der Waals surface area contributed by atoms with Crippen molar-refractivity contribution in [1.29, 1.82) is 0 Å². The number of rotatable bonds is 6. The van der Waals surface area contributed by atoms with Gasteiger partial charge in [0.2, 0.25) is 0 Å². The third kappa shape index (κ3) is 5.18. The molecular weight excluding hydrogens is 395 g/mol. The van der Waals surface area contributed by atoms with E-state index < -0.39 is 24.0 Å². The summed E-state index contributed by atoms with van der Waals surface area (Å²) in [5, 5.41) is 4.13. The molecule has 7 nitrogen and oxygen atoms in total. The molecule has 2 N–H and O–H groups in total. The SMILES string of the molecule is CSc1ccc(-c2ccc(N3C[C@H](CNC(=O)NN(C)C)OC3=O)cc2F)cc1. The third-order valence-corrected chi connectivity index (χ3v) is 5.10. The molecule has 2 aromatic carbocycles. The summed E-state index contributed by atoms with van der Waals surface area (Å²) in [5.74, 6) is -0.417. The van der Waals surface area contributed by atoms with E-state index >= 15 is 0 Å². The van der Waals surface area contributed by atoms with E-state index in [1.165, 1.54) is 16.0 Å². The maximum Gasteiger partial charge on any atom is 0.414 e. The molecule has 0 bridgehead atoms. The van der Waals surface area contributed by atoms with Crippen molar-refractivity contribution in [1.82, 2.24) is 15.8 Å². The van der Waals surface area contributed by atoms with Crippen LogP contribution < -0.4 is 15.6 Å². The first kappa shape index (κ1) is 20.9. The highest BCUT2D eigenvalue weighted by Gasteiger charge is 2.33. The zero-order valence-corrected chi connectivity index (χ0v) is 17.3. The van der Waals surface area contributed by atoms with E-state index in [0.717, 1.165) is 10.5 Å². The molecule has 3 amide bonds. The number of halogens is 1. The minimum atomic E-state index is -0.568. The van der Waals surface area contributed by atoms with E-state index in [0.29, 0.717) is 11.3 Å². The van der Waals surface area contributed by atoms with Crippen molar-refractivity contribution in [2.45, 2.75) is 11.0 Å². The van der Waals surface area contributed by atoms with Crippen molar-refractivity contribution in [3.8, 4) is 11.1 Å². The van der Waals surface area contributed by atoms with Gasteiger partial charge in [-0.3, -0.25) is 10.3 Å². The summed E-state index contributed by atoms with van der Waals surface area (Å²) >= 11 is 1.62. The van der Waals surface area contributed by atoms with Crippen molar-refractivity contribution < 1.29 is 18.7 Å². The molecule has 2 aromatic rings. The summed E-state index contributed by atoms with van der Waals surface area (Å²) in [6.45, 7) is 0.382. The Labute approximate surface area is 173 Å². The second kappa shape index (κ2) is 9.15. The average molecular weight is 418 g/mol. The number of nitrogens with zero attached hydrogens (tertiary/aromatic N) is 2. The van der Waals surface area contributed by atoms with Gasteiger partial charge in [-0.1, -0.05) is 12.1 Å². The molecule has 1 fully saturated rings. The van der Waals surface area contributed by atoms with Crippen LogP contribution >= 0.6 is 11.8 Å². The molecule has 1 heterocycles. The number of benzene rings is 2. The fourth-order valence-corrected chi connectivity index (χ4v) is 3.37. The lowest BCUT2D eigenvalue weighted by Crippen LogP contribution is -2.46. The number of carbonyl (C=O) groups excluding carboxylic acids is 2. The Hall–Kier alpha value is -2.78. The van der Waals surface area contributed by atoms with Gasteiger partial charge < -0.3 is 10.1 Å². The molecule has 3 rings (SSSR count). The van der Waals surface area contributed by atoms with Crippen molar-refractivity contribution in [2.24, 2.45) is 0 Å². The number of hydrogen-bond acceptors (Lipinski definition) is 5. The fourth-order valence-electron chi connectivity index (χ4n) is 2.96.